The average molecular weight is 217 g/mol. The van der Waals surface area contributed by atoms with Crippen molar-refractivity contribution in [3.8, 4) is 0 Å². The van der Waals surface area contributed by atoms with Crippen LogP contribution in [0.15, 0.2) is 24.4 Å². The van der Waals surface area contributed by atoms with Crippen LogP contribution in [-0.4, -0.2) is 40.7 Å². The molecule has 0 spiro atoms. The van der Waals surface area contributed by atoms with Crippen LogP contribution in [0.25, 0.3) is 5.65 Å². The number of pyridine rings is 1. The van der Waals surface area contributed by atoms with Crippen LogP contribution < -0.4 is 0 Å². The van der Waals surface area contributed by atoms with Gasteiger partial charge in [0.1, 0.15) is 11.3 Å². The number of hydrogen-bond donors (Lipinski definition) is 0. The van der Waals surface area contributed by atoms with E-state index in [0.29, 0.717) is 12.2 Å². The lowest BCUT2D eigenvalue weighted by atomic mass is 10.2. The van der Waals surface area contributed by atoms with Gasteiger partial charge in [-0.3, -0.25) is 9.20 Å². The molecule has 2 heterocycles. The third kappa shape index (κ3) is 1.84. The van der Waals surface area contributed by atoms with E-state index in [1.165, 1.54) is 0 Å². The molecule has 0 atom stereocenters. The number of imidazole rings is 1. The fraction of sp³-hybridized carbons (Fsp3) is 0.333. The highest BCUT2D eigenvalue weighted by molar-refractivity contribution is 5.97. The number of aryl methyl sites for hydroxylation is 1. The van der Waals surface area contributed by atoms with Crippen LogP contribution in [0, 0.1) is 6.92 Å². The van der Waals surface area contributed by atoms with Crippen LogP contribution in [0.4, 0.5) is 0 Å². The summed E-state index contributed by atoms with van der Waals surface area (Å²) in [5, 5.41) is 0. The first-order chi connectivity index (χ1) is 7.59. The molecule has 0 saturated heterocycles. The highest BCUT2D eigenvalue weighted by Gasteiger charge is 2.16. The molecule has 4 heteroatoms. The summed E-state index contributed by atoms with van der Waals surface area (Å²) in [7, 11) is 3.77. The third-order valence-electron chi connectivity index (χ3n) is 2.43. The van der Waals surface area contributed by atoms with Gasteiger partial charge in [0.2, 0.25) is 0 Å². The maximum absolute atomic E-state index is 12.0. The second kappa shape index (κ2) is 4.06. The maximum atomic E-state index is 12.0. The van der Waals surface area contributed by atoms with Crippen molar-refractivity contribution in [2.24, 2.45) is 0 Å². The number of likely N-dealkylation sites (N-methyl/N-ethyl adjacent to an activating group) is 1. The van der Waals surface area contributed by atoms with Gasteiger partial charge in [-0.25, -0.2) is 4.98 Å². The molecule has 0 aliphatic heterocycles. The Kier molecular flexibility index (Phi) is 2.75. The fourth-order valence-corrected chi connectivity index (χ4v) is 1.81. The van der Waals surface area contributed by atoms with Crippen molar-refractivity contribution in [1.29, 1.82) is 0 Å². The van der Waals surface area contributed by atoms with E-state index >= 15 is 0 Å². The van der Waals surface area contributed by atoms with Crippen LogP contribution in [0.1, 0.15) is 16.2 Å². The number of Topliss-reactive ketones (excluding diaryl/α,β-unsaturated/α-hetero) is 1. The molecular formula is C12H15N3O. The highest BCUT2D eigenvalue weighted by atomic mass is 16.1. The van der Waals surface area contributed by atoms with Gasteiger partial charge in [-0.2, -0.15) is 0 Å². The van der Waals surface area contributed by atoms with E-state index in [1.54, 1.807) is 0 Å². The Hall–Kier alpha value is -1.68. The molecule has 0 unspecified atom stereocenters. The molecule has 16 heavy (non-hydrogen) atoms. The highest BCUT2D eigenvalue weighted by Crippen LogP contribution is 2.12. The molecule has 0 amide bonds. The molecule has 0 aliphatic carbocycles. The lowest BCUT2D eigenvalue weighted by Crippen LogP contribution is -2.23. The molecule has 0 saturated carbocycles. The standard InChI is InChI=1S/C12H15N3O/c1-9-12(10(16)8-14(2)3)15-7-5-4-6-11(15)13-9/h4-7H,8H2,1-3H3. The largest absolute Gasteiger partial charge is 0.302 e. The minimum Gasteiger partial charge on any atom is -0.302 e. The molecule has 0 aliphatic rings. The minimum atomic E-state index is 0.0983. The number of nitrogens with zero attached hydrogens (tertiary/aromatic N) is 3. The summed E-state index contributed by atoms with van der Waals surface area (Å²) in [6.07, 6.45) is 1.87. The average Bonchev–Trinajstić information content (AvgIpc) is 2.52. The van der Waals surface area contributed by atoms with Crippen LogP contribution in [0.2, 0.25) is 0 Å². The Morgan fingerprint density at radius 2 is 2.19 bits per heavy atom. The molecule has 84 valence electrons. The minimum absolute atomic E-state index is 0.0983. The Balaban J connectivity index is 2.51. The molecule has 0 bridgehead atoms. The van der Waals surface area contributed by atoms with E-state index in [4.69, 9.17) is 0 Å². The van der Waals surface area contributed by atoms with E-state index in [2.05, 4.69) is 4.98 Å². The van der Waals surface area contributed by atoms with E-state index < -0.39 is 0 Å². The Bertz CT molecular complexity index is 528. The van der Waals surface area contributed by atoms with E-state index in [1.807, 2.05) is 54.7 Å². The predicted molar refractivity (Wildman–Crippen MR) is 62.8 cm³/mol. The normalized spacial score (nSPS) is 11.2. The maximum Gasteiger partial charge on any atom is 0.195 e. The number of carbonyl (C=O) groups excluding carboxylic acids is 1. The van der Waals surface area contributed by atoms with Crippen molar-refractivity contribution >= 4 is 11.4 Å². The van der Waals surface area contributed by atoms with Gasteiger partial charge in [0, 0.05) is 6.20 Å². The summed E-state index contributed by atoms with van der Waals surface area (Å²) in [6, 6.07) is 5.72. The molecule has 0 radical (unpaired) electrons. The van der Waals surface area contributed by atoms with Crippen molar-refractivity contribution in [3.63, 3.8) is 0 Å². The molecule has 2 rings (SSSR count). The summed E-state index contributed by atoms with van der Waals surface area (Å²) < 4.78 is 1.85. The number of rotatable bonds is 3. The van der Waals surface area contributed by atoms with Gasteiger partial charge in [-0.15, -0.1) is 0 Å². The van der Waals surface area contributed by atoms with Crippen molar-refractivity contribution < 1.29 is 4.79 Å². The quantitative estimate of drug-likeness (QED) is 0.729. The van der Waals surface area contributed by atoms with E-state index in [-0.39, 0.29) is 5.78 Å². The molecular weight excluding hydrogens is 202 g/mol. The van der Waals surface area contributed by atoms with Crippen LogP contribution in [0.5, 0.6) is 0 Å². The van der Waals surface area contributed by atoms with Crippen molar-refractivity contribution in [2.75, 3.05) is 20.6 Å². The lowest BCUT2D eigenvalue weighted by Gasteiger charge is -2.08. The first-order valence-corrected chi connectivity index (χ1v) is 5.21. The van der Waals surface area contributed by atoms with Gasteiger partial charge in [0.05, 0.1) is 12.2 Å². The Labute approximate surface area is 94.5 Å². The third-order valence-corrected chi connectivity index (χ3v) is 2.43. The van der Waals surface area contributed by atoms with E-state index in [9.17, 15) is 4.79 Å². The van der Waals surface area contributed by atoms with E-state index in [0.717, 1.165) is 11.3 Å². The molecule has 4 nitrogen and oxygen atoms in total. The predicted octanol–water partition coefficient (Wildman–Crippen LogP) is 1.39. The summed E-state index contributed by atoms with van der Waals surface area (Å²) in [5.41, 5.74) is 2.30. The van der Waals surface area contributed by atoms with Gasteiger partial charge >= 0.3 is 0 Å². The Morgan fingerprint density at radius 1 is 1.44 bits per heavy atom. The zero-order valence-corrected chi connectivity index (χ0v) is 9.77. The summed E-state index contributed by atoms with van der Waals surface area (Å²) >= 11 is 0. The SMILES string of the molecule is Cc1nc2ccccn2c1C(=O)CN(C)C. The topological polar surface area (TPSA) is 37.6 Å². The van der Waals surface area contributed by atoms with Crippen molar-refractivity contribution in [3.05, 3.63) is 35.8 Å². The van der Waals surface area contributed by atoms with Crippen molar-refractivity contribution in [2.45, 2.75) is 6.92 Å². The number of carbonyl (C=O) groups is 1. The van der Waals surface area contributed by atoms with Crippen LogP contribution >= 0.6 is 0 Å². The number of fused-ring (bicyclic) bond motifs is 1. The second-order valence-corrected chi connectivity index (χ2v) is 4.14. The molecule has 0 aromatic carbocycles. The number of ketones is 1. The molecule has 0 fully saturated rings. The van der Waals surface area contributed by atoms with Gasteiger partial charge in [0.15, 0.2) is 5.78 Å². The monoisotopic (exact) mass is 217 g/mol. The van der Waals surface area contributed by atoms with Crippen LogP contribution in [-0.2, 0) is 0 Å². The summed E-state index contributed by atoms with van der Waals surface area (Å²) in [5.74, 6) is 0.0983. The number of hydrogen-bond acceptors (Lipinski definition) is 3. The molecule has 2 aromatic rings. The van der Waals surface area contributed by atoms with Gasteiger partial charge in [0.25, 0.3) is 0 Å². The van der Waals surface area contributed by atoms with Gasteiger partial charge < -0.3 is 4.90 Å². The van der Waals surface area contributed by atoms with Gasteiger partial charge in [-0.05, 0) is 33.2 Å². The second-order valence-electron chi connectivity index (χ2n) is 4.14. The summed E-state index contributed by atoms with van der Waals surface area (Å²) in [4.78, 5) is 18.3. The molecule has 2 aromatic heterocycles. The van der Waals surface area contributed by atoms with Gasteiger partial charge in [-0.1, -0.05) is 6.07 Å². The first-order valence-electron chi connectivity index (χ1n) is 5.21. The lowest BCUT2D eigenvalue weighted by molar-refractivity contribution is 0.0951. The molecule has 0 N–H and O–H groups in total. The number of aromatic nitrogens is 2. The van der Waals surface area contributed by atoms with Crippen LogP contribution in [0.3, 0.4) is 0 Å². The zero-order valence-electron chi connectivity index (χ0n) is 9.77. The summed E-state index contributed by atoms with van der Waals surface area (Å²) in [6.45, 7) is 2.28. The first kappa shape index (κ1) is 10.8. The zero-order chi connectivity index (χ0) is 11.7. The smallest absolute Gasteiger partial charge is 0.195 e. The fourth-order valence-electron chi connectivity index (χ4n) is 1.81. The Morgan fingerprint density at radius 3 is 2.88 bits per heavy atom. The van der Waals surface area contributed by atoms with Crippen molar-refractivity contribution in [1.82, 2.24) is 14.3 Å².